The number of hydrogen-bond acceptors (Lipinski definition) is 4. The lowest BCUT2D eigenvalue weighted by Crippen LogP contribution is -2.29. The molecule has 0 saturated heterocycles. The third-order valence-electron chi connectivity index (χ3n) is 6.45. The fourth-order valence-corrected chi connectivity index (χ4v) is 5.05. The van der Waals surface area contributed by atoms with Gasteiger partial charge in [-0.15, -0.1) is 0 Å². The predicted octanol–water partition coefficient (Wildman–Crippen LogP) is 6.57. The van der Waals surface area contributed by atoms with Crippen molar-refractivity contribution >= 4 is 33.1 Å². The Morgan fingerprint density at radius 3 is 1.98 bits per heavy atom. The average Bonchev–Trinajstić information content (AvgIpc) is 2.91. The highest BCUT2D eigenvalue weighted by Crippen LogP contribution is 2.24. The van der Waals surface area contributed by atoms with Gasteiger partial charge in [0, 0.05) is 22.4 Å². The number of ketones is 1. The molecule has 8 heteroatoms. The van der Waals surface area contributed by atoms with Gasteiger partial charge in [-0.05, 0) is 65.1 Å². The first kappa shape index (κ1) is 28.7. The number of amides is 1. The van der Waals surface area contributed by atoms with Crippen LogP contribution in [0.15, 0.2) is 97.1 Å². The van der Waals surface area contributed by atoms with Gasteiger partial charge in [-0.1, -0.05) is 69.3 Å². The maximum absolute atomic E-state index is 13.3. The van der Waals surface area contributed by atoms with Gasteiger partial charge in [-0.25, -0.2) is 12.8 Å². The van der Waals surface area contributed by atoms with Crippen LogP contribution in [-0.2, 0) is 22.0 Å². The minimum Gasteiger partial charge on any atom is -0.322 e. The van der Waals surface area contributed by atoms with E-state index in [1.165, 1.54) is 40.7 Å². The summed E-state index contributed by atoms with van der Waals surface area (Å²) in [6, 6.07) is 26.0. The van der Waals surface area contributed by atoms with Gasteiger partial charge in [0.05, 0.1) is 18.5 Å². The van der Waals surface area contributed by atoms with E-state index < -0.39 is 21.7 Å². The lowest BCUT2D eigenvalue weighted by molar-refractivity contribution is 0.102. The second-order valence-corrected chi connectivity index (χ2v) is 12.5. The first-order chi connectivity index (χ1) is 18.8. The van der Waals surface area contributed by atoms with Crippen molar-refractivity contribution in [2.75, 3.05) is 15.9 Å². The van der Waals surface area contributed by atoms with Crippen molar-refractivity contribution < 1.29 is 22.4 Å². The molecule has 1 N–H and O–H groups in total. The van der Waals surface area contributed by atoms with Gasteiger partial charge in [0.15, 0.2) is 5.78 Å². The Labute approximate surface area is 234 Å². The second-order valence-electron chi connectivity index (χ2n) is 10.6. The molecule has 206 valence electrons. The molecule has 0 radical (unpaired) electrons. The van der Waals surface area contributed by atoms with E-state index in [-0.39, 0.29) is 17.7 Å². The summed E-state index contributed by atoms with van der Waals surface area (Å²) in [5.74, 6) is -0.965. The quantitative estimate of drug-likeness (QED) is 0.248. The zero-order valence-corrected chi connectivity index (χ0v) is 23.6. The number of carbonyl (C=O) groups is 2. The molecule has 0 fully saturated rings. The van der Waals surface area contributed by atoms with Crippen LogP contribution >= 0.6 is 0 Å². The molecule has 4 aromatic carbocycles. The van der Waals surface area contributed by atoms with Gasteiger partial charge >= 0.3 is 0 Å². The number of sulfonamides is 1. The first-order valence-electron chi connectivity index (χ1n) is 12.7. The summed E-state index contributed by atoms with van der Waals surface area (Å²) >= 11 is 0. The van der Waals surface area contributed by atoms with E-state index >= 15 is 0 Å². The summed E-state index contributed by atoms with van der Waals surface area (Å²) in [6.45, 7) is 6.35. The van der Waals surface area contributed by atoms with Crippen LogP contribution in [0.3, 0.4) is 0 Å². The van der Waals surface area contributed by atoms with E-state index in [1.807, 2.05) is 24.3 Å². The van der Waals surface area contributed by atoms with Crippen LogP contribution in [-0.4, -0.2) is 26.4 Å². The van der Waals surface area contributed by atoms with Crippen molar-refractivity contribution in [3.8, 4) is 0 Å². The highest BCUT2D eigenvalue weighted by Gasteiger charge is 2.19. The Hall–Kier alpha value is -4.30. The summed E-state index contributed by atoms with van der Waals surface area (Å²) in [7, 11) is -3.65. The molecule has 0 unspecified atom stereocenters. The lowest BCUT2D eigenvalue weighted by Gasteiger charge is -2.22. The molecule has 4 aromatic rings. The van der Waals surface area contributed by atoms with Crippen LogP contribution in [0.4, 0.5) is 15.8 Å². The monoisotopic (exact) mass is 558 g/mol. The highest BCUT2D eigenvalue weighted by atomic mass is 32.2. The molecule has 1 amide bonds. The minimum atomic E-state index is -3.65. The van der Waals surface area contributed by atoms with Crippen LogP contribution in [0.5, 0.6) is 0 Å². The predicted molar refractivity (Wildman–Crippen MR) is 157 cm³/mol. The van der Waals surface area contributed by atoms with E-state index in [1.54, 1.807) is 36.4 Å². The number of rotatable bonds is 8. The van der Waals surface area contributed by atoms with E-state index in [2.05, 4.69) is 26.1 Å². The Morgan fingerprint density at radius 2 is 1.40 bits per heavy atom. The Balaban J connectivity index is 1.48. The van der Waals surface area contributed by atoms with E-state index in [0.29, 0.717) is 33.6 Å². The molecule has 0 atom stereocenters. The van der Waals surface area contributed by atoms with Gasteiger partial charge in [0.1, 0.15) is 5.82 Å². The topological polar surface area (TPSA) is 83.6 Å². The largest absolute Gasteiger partial charge is 0.322 e. The summed E-state index contributed by atoms with van der Waals surface area (Å²) in [5.41, 5.74) is 3.88. The fraction of sp³-hybridized carbons (Fsp3) is 0.188. The molecular weight excluding hydrogens is 527 g/mol. The molecule has 0 aliphatic rings. The maximum atomic E-state index is 13.3. The van der Waals surface area contributed by atoms with Crippen molar-refractivity contribution in [2.45, 2.75) is 32.7 Å². The van der Waals surface area contributed by atoms with Crippen LogP contribution < -0.4 is 9.62 Å². The summed E-state index contributed by atoms with van der Waals surface area (Å²) < 4.78 is 39.4. The summed E-state index contributed by atoms with van der Waals surface area (Å²) in [5, 5.41) is 2.80. The molecule has 0 aliphatic carbocycles. The third-order valence-corrected chi connectivity index (χ3v) is 7.59. The maximum Gasteiger partial charge on any atom is 0.255 e. The molecule has 0 spiro atoms. The molecular formula is C32H31FN2O4S. The molecule has 40 heavy (non-hydrogen) atoms. The number of anilines is 2. The van der Waals surface area contributed by atoms with Crippen molar-refractivity contribution in [1.29, 1.82) is 0 Å². The highest BCUT2D eigenvalue weighted by molar-refractivity contribution is 7.92. The van der Waals surface area contributed by atoms with Crippen LogP contribution in [0.25, 0.3) is 0 Å². The lowest BCUT2D eigenvalue weighted by atomic mass is 9.86. The smallest absolute Gasteiger partial charge is 0.255 e. The van der Waals surface area contributed by atoms with Gasteiger partial charge in [0.25, 0.3) is 5.91 Å². The summed E-state index contributed by atoms with van der Waals surface area (Å²) in [6.07, 6.45) is 1.09. The van der Waals surface area contributed by atoms with Gasteiger partial charge in [0.2, 0.25) is 10.0 Å². The number of nitrogens with zero attached hydrogens (tertiary/aromatic N) is 1. The van der Waals surface area contributed by atoms with Gasteiger partial charge < -0.3 is 5.32 Å². The Bertz CT molecular complexity index is 1620. The van der Waals surface area contributed by atoms with Gasteiger partial charge in [-0.3, -0.25) is 13.9 Å². The number of nitrogens with one attached hydrogen (secondary N) is 1. The van der Waals surface area contributed by atoms with Gasteiger partial charge in [-0.2, -0.15) is 0 Å². The van der Waals surface area contributed by atoms with Crippen molar-refractivity contribution in [1.82, 2.24) is 0 Å². The van der Waals surface area contributed by atoms with Crippen LogP contribution in [0.2, 0.25) is 0 Å². The third kappa shape index (κ3) is 7.01. The normalized spacial score (nSPS) is 11.6. The fourth-order valence-electron chi connectivity index (χ4n) is 4.16. The first-order valence-corrected chi connectivity index (χ1v) is 14.5. The molecule has 0 aliphatic heterocycles. The summed E-state index contributed by atoms with van der Waals surface area (Å²) in [4.78, 5) is 26.0. The molecule has 0 saturated carbocycles. The molecule has 6 nitrogen and oxygen atoms in total. The van der Waals surface area contributed by atoms with Crippen LogP contribution in [0.1, 0.15) is 58.2 Å². The van der Waals surface area contributed by atoms with Crippen molar-refractivity contribution in [2.24, 2.45) is 0 Å². The van der Waals surface area contributed by atoms with E-state index in [4.69, 9.17) is 0 Å². The molecule has 0 bridgehead atoms. The molecule has 4 rings (SSSR count). The number of halogens is 1. The SMILES string of the molecule is CC(C)(C)c1ccc(C(=O)c2cccc(NC(=O)c3ccc(N(Cc4ccc(F)cc4)S(C)(=O)=O)cc3)c2)cc1. The van der Waals surface area contributed by atoms with E-state index in [0.717, 1.165) is 11.8 Å². The van der Waals surface area contributed by atoms with E-state index in [9.17, 15) is 22.4 Å². The second kappa shape index (κ2) is 11.4. The number of carbonyl (C=O) groups excluding carboxylic acids is 2. The number of hydrogen-bond donors (Lipinski definition) is 1. The zero-order chi connectivity index (χ0) is 29.1. The Kier molecular flexibility index (Phi) is 8.21. The number of benzene rings is 4. The standard InChI is InChI=1S/C32H31FN2O4S/c1-32(2,3)26-14-10-23(11-15-26)30(36)25-6-5-7-28(20-25)34-31(37)24-12-18-29(19-13-24)35(40(4,38)39)21-22-8-16-27(33)17-9-22/h5-20H,21H2,1-4H3,(H,34,37). The minimum absolute atomic E-state index is 0.0182. The van der Waals surface area contributed by atoms with Crippen LogP contribution in [0, 0.1) is 5.82 Å². The van der Waals surface area contributed by atoms with Crippen molar-refractivity contribution in [3.63, 3.8) is 0 Å². The Morgan fingerprint density at radius 1 is 0.800 bits per heavy atom. The zero-order valence-electron chi connectivity index (χ0n) is 22.8. The molecule has 0 heterocycles. The molecule has 0 aromatic heterocycles. The average molecular weight is 559 g/mol. The van der Waals surface area contributed by atoms with Crippen molar-refractivity contribution in [3.05, 3.63) is 131 Å².